The summed E-state index contributed by atoms with van der Waals surface area (Å²) in [5, 5.41) is 17.7. The van der Waals surface area contributed by atoms with E-state index in [4.69, 9.17) is 4.74 Å². The van der Waals surface area contributed by atoms with Crippen LogP contribution in [0.1, 0.15) is 12.8 Å². The maximum Gasteiger partial charge on any atom is 0.227 e. The molecule has 0 aromatic carbocycles. The zero-order chi connectivity index (χ0) is 24.8. The Morgan fingerprint density at radius 3 is 2.73 bits per heavy atom. The van der Waals surface area contributed by atoms with E-state index in [2.05, 4.69) is 41.5 Å². The van der Waals surface area contributed by atoms with E-state index in [9.17, 15) is 4.79 Å². The standard InChI is InChI=1S/C25H23N9O2S/c35-24(16-1-2-16)28-19-13-22(31-34-8-7-26-23(19)34)37-25-30-29-21-6-4-18(15-33(21)25)17-3-5-20(27-14-17)32-9-11-36-12-10-32/h3-8,13-16H,1-2,9-12H2,(H,28,35). The van der Waals surface area contributed by atoms with Gasteiger partial charge in [0.05, 0.1) is 18.9 Å². The summed E-state index contributed by atoms with van der Waals surface area (Å²) in [4.78, 5) is 23.7. The lowest BCUT2D eigenvalue weighted by molar-refractivity contribution is -0.117. The minimum Gasteiger partial charge on any atom is -0.378 e. The fraction of sp³-hybridized carbons (Fsp3) is 0.280. The number of hydrogen-bond donors (Lipinski definition) is 1. The fourth-order valence-corrected chi connectivity index (χ4v) is 5.17. The molecule has 12 heteroatoms. The summed E-state index contributed by atoms with van der Waals surface area (Å²) >= 11 is 1.38. The predicted molar refractivity (Wildman–Crippen MR) is 138 cm³/mol. The van der Waals surface area contributed by atoms with Crippen molar-refractivity contribution in [1.82, 2.24) is 34.2 Å². The van der Waals surface area contributed by atoms with Crippen molar-refractivity contribution in [3.05, 3.63) is 55.1 Å². The number of aromatic nitrogens is 7. The summed E-state index contributed by atoms with van der Waals surface area (Å²) in [5.74, 6) is 1.08. The number of carbonyl (C=O) groups excluding carboxylic acids is 1. The maximum atomic E-state index is 12.4. The summed E-state index contributed by atoms with van der Waals surface area (Å²) in [6, 6.07) is 9.93. The van der Waals surface area contributed by atoms with Gasteiger partial charge >= 0.3 is 0 Å². The van der Waals surface area contributed by atoms with Crippen LogP contribution in [-0.2, 0) is 9.53 Å². The number of carbonyl (C=O) groups is 1. The van der Waals surface area contributed by atoms with Gasteiger partial charge in [-0.1, -0.05) is 0 Å². The molecule has 0 radical (unpaired) electrons. The zero-order valence-corrected chi connectivity index (χ0v) is 20.6. The molecule has 0 spiro atoms. The molecule has 5 aromatic rings. The first-order valence-corrected chi connectivity index (χ1v) is 13.0. The van der Waals surface area contributed by atoms with E-state index in [1.807, 2.05) is 41.1 Å². The van der Waals surface area contributed by atoms with Crippen molar-refractivity contribution < 1.29 is 9.53 Å². The van der Waals surface area contributed by atoms with Crippen LogP contribution in [0.4, 0.5) is 11.5 Å². The summed E-state index contributed by atoms with van der Waals surface area (Å²) < 4.78 is 9.05. The third kappa shape index (κ3) is 4.38. The molecule has 1 aliphatic carbocycles. The Kier molecular flexibility index (Phi) is 5.47. The smallest absolute Gasteiger partial charge is 0.227 e. The van der Waals surface area contributed by atoms with Crippen LogP contribution in [0.2, 0.25) is 0 Å². The van der Waals surface area contributed by atoms with Gasteiger partial charge in [-0.2, -0.15) is 5.10 Å². The lowest BCUT2D eigenvalue weighted by Gasteiger charge is -2.27. The van der Waals surface area contributed by atoms with Gasteiger partial charge in [-0.25, -0.2) is 14.5 Å². The molecular weight excluding hydrogens is 490 g/mol. The number of imidazole rings is 1. The van der Waals surface area contributed by atoms with Gasteiger partial charge in [0.15, 0.2) is 11.3 Å². The van der Waals surface area contributed by atoms with Crippen LogP contribution in [0, 0.1) is 5.92 Å². The molecule has 2 aliphatic rings. The highest BCUT2D eigenvalue weighted by Crippen LogP contribution is 2.33. The molecule has 1 aliphatic heterocycles. The highest BCUT2D eigenvalue weighted by Gasteiger charge is 2.30. The van der Waals surface area contributed by atoms with Gasteiger partial charge in [0.1, 0.15) is 10.8 Å². The van der Waals surface area contributed by atoms with Gasteiger partial charge < -0.3 is 15.0 Å². The number of pyridine rings is 2. The Balaban J connectivity index is 1.17. The average molecular weight is 514 g/mol. The molecular formula is C25H23N9O2S. The van der Waals surface area contributed by atoms with Crippen molar-refractivity contribution in [2.75, 3.05) is 36.5 Å². The summed E-state index contributed by atoms with van der Waals surface area (Å²) in [6.45, 7) is 3.16. The second-order valence-electron chi connectivity index (χ2n) is 9.09. The first kappa shape index (κ1) is 22.2. The Bertz CT molecular complexity index is 1600. The Hall–Kier alpha value is -4.03. The number of amides is 1. The number of morpholine rings is 1. The van der Waals surface area contributed by atoms with Crippen LogP contribution in [-0.4, -0.2) is 66.4 Å². The van der Waals surface area contributed by atoms with E-state index >= 15 is 0 Å². The molecule has 11 nitrogen and oxygen atoms in total. The van der Waals surface area contributed by atoms with E-state index in [0.717, 1.165) is 61.7 Å². The van der Waals surface area contributed by atoms with Crippen molar-refractivity contribution in [3.63, 3.8) is 0 Å². The molecule has 5 aromatic heterocycles. The molecule has 1 amide bonds. The van der Waals surface area contributed by atoms with Gasteiger partial charge in [-0.15, -0.1) is 10.2 Å². The second kappa shape index (κ2) is 9.12. The van der Waals surface area contributed by atoms with E-state index in [-0.39, 0.29) is 11.8 Å². The molecule has 1 N–H and O–H groups in total. The highest BCUT2D eigenvalue weighted by atomic mass is 32.2. The highest BCUT2D eigenvalue weighted by molar-refractivity contribution is 7.99. The average Bonchev–Trinajstić information content (AvgIpc) is 3.57. The van der Waals surface area contributed by atoms with Crippen LogP contribution in [0.25, 0.3) is 22.4 Å². The number of rotatable bonds is 6. The Morgan fingerprint density at radius 1 is 1.05 bits per heavy atom. The predicted octanol–water partition coefficient (Wildman–Crippen LogP) is 3.17. The van der Waals surface area contributed by atoms with Gasteiger partial charge in [0.25, 0.3) is 0 Å². The van der Waals surface area contributed by atoms with Gasteiger partial charge in [0.2, 0.25) is 11.1 Å². The van der Waals surface area contributed by atoms with E-state index in [1.165, 1.54) is 11.8 Å². The first-order chi connectivity index (χ1) is 18.2. The Morgan fingerprint density at radius 2 is 1.92 bits per heavy atom. The first-order valence-electron chi connectivity index (χ1n) is 12.2. The van der Waals surface area contributed by atoms with Gasteiger partial charge in [-0.05, 0) is 48.9 Å². The fourth-order valence-electron chi connectivity index (χ4n) is 4.36. The quantitative estimate of drug-likeness (QED) is 0.366. The van der Waals surface area contributed by atoms with E-state index in [0.29, 0.717) is 21.5 Å². The molecule has 0 bridgehead atoms. The largest absolute Gasteiger partial charge is 0.378 e. The monoisotopic (exact) mass is 513 g/mol. The SMILES string of the molecule is O=C(Nc1cc(Sc2nnc3ccc(-c4ccc(N5CCOCC5)nc4)cn23)nn2ccnc12)C1CC1. The molecule has 186 valence electrons. The second-order valence-corrected chi connectivity index (χ2v) is 10.1. The van der Waals surface area contributed by atoms with Crippen molar-refractivity contribution in [2.24, 2.45) is 5.92 Å². The Labute approximate surface area is 215 Å². The van der Waals surface area contributed by atoms with E-state index in [1.54, 1.807) is 16.9 Å². The molecule has 1 saturated heterocycles. The van der Waals surface area contributed by atoms with Gasteiger partial charge in [-0.3, -0.25) is 9.20 Å². The van der Waals surface area contributed by atoms with Crippen molar-refractivity contribution in [3.8, 4) is 11.1 Å². The molecule has 6 heterocycles. The van der Waals surface area contributed by atoms with Crippen LogP contribution in [0.5, 0.6) is 0 Å². The number of fused-ring (bicyclic) bond motifs is 2. The molecule has 0 atom stereocenters. The zero-order valence-electron chi connectivity index (χ0n) is 19.8. The van der Waals surface area contributed by atoms with Crippen molar-refractivity contribution in [2.45, 2.75) is 23.0 Å². The molecule has 1 saturated carbocycles. The minimum absolute atomic E-state index is 0.0258. The van der Waals surface area contributed by atoms with Crippen LogP contribution in [0.15, 0.2) is 65.3 Å². The molecule has 2 fully saturated rings. The maximum absolute atomic E-state index is 12.4. The normalized spacial score (nSPS) is 15.9. The van der Waals surface area contributed by atoms with E-state index < -0.39 is 0 Å². The van der Waals surface area contributed by atoms with Crippen molar-refractivity contribution >= 4 is 40.5 Å². The number of ether oxygens (including phenoxy) is 1. The number of anilines is 2. The van der Waals surface area contributed by atoms with Crippen molar-refractivity contribution in [1.29, 1.82) is 0 Å². The molecule has 37 heavy (non-hydrogen) atoms. The lowest BCUT2D eigenvalue weighted by Crippen LogP contribution is -2.36. The lowest BCUT2D eigenvalue weighted by atomic mass is 10.1. The third-order valence-electron chi connectivity index (χ3n) is 6.53. The molecule has 7 rings (SSSR count). The summed E-state index contributed by atoms with van der Waals surface area (Å²) in [7, 11) is 0. The summed E-state index contributed by atoms with van der Waals surface area (Å²) in [6.07, 6.45) is 9.20. The van der Waals surface area contributed by atoms with Gasteiger partial charge in [0, 0.05) is 61.0 Å². The van der Waals surface area contributed by atoms with Crippen LogP contribution >= 0.6 is 11.8 Å². The summed E-state index contributed by atoms with van der Waals surface area (Å²) in [5.41, 5.74) is 3.99. The number of nitrogens with zero attached hydrogens (tertiary/aromatic N) is 8. The minimum atomic E-state index is 0.0258. The third-order valence-corrected chi connectivity index (χ3v) is 7.40. The van der Waals surface area contributed by atoms with Crippen LogP contribution < -0.4 is 10.2 Å². The topological polar surface area (TPSA) is 115 Å². The van der Waals surface area contributed by atoms with Crippen LogP contribution in [0.3, 0.4) is 0 Å². The number of hydrogen-bond acceptors (Lipinski definition) is 9. The molecule has 0 unspecified atom stereocenters. The number of nitrogens with one attached hydrogen (secondary N) is 1.